The molecule has 0 bridgehead atoms. The van der Waals surface area contributed by atoms with Gasteiger partial charge >= 0.3 is 0 Å². The molecule has 0 aromatic carbocycles. The van der Waals surface area contributed by atoms with Crippen molar-refractivity contribution in [3.05, 3.63) is 22.0 Å². The molecule has 8 heteroatoms. The summed E-state index contributed by atoms with van der Waals surface area (Å²) in [4.78, 5) is 40.3. The normalized spacial score (nSPS) is 15.8. The highest BCUT2D eigenvalue weighted by molar-refractivity contribution is 7.20. The summed E-state index contributed by atoms with van der Waals surface area (Å²) in [6.45, 7) is 17.2. The molecular weight excluding hydrogens is 398 g/mol. The van der Waals surface area contributed by atoms with E-state index in [9.17, 15) is 9.59 Å². The van der Waals surface area contributed by atoms with E-state index in [2.05, 4.69) is 31.0 Å². The molecule has 1 fully saturated rings. The third-order valence-electron chi connectivity index (χ3n) is 5.31. The molecule has 0 radical (unpaired) electrons. The topological polar surface area (TPSA) is 78.4 Å². The Bertz CT molecular complexity index is 953. The number of amides is 2. The standard InChI is InChI=1S/C22H33N5O2S/c1-13(2)23-16(28)12-26-8-10-27(11-9-26)20(29)18-14(3)17-15(4)24-21(22(5,6)7)25-19(17)30-18/h13H,8-12H2,1-7H3,(H,23,28). The average molecular weight is 432 g/mol. The first-order valence-corrected chi connectivity index (χ1v) is 11.4. The monoisotopic (exact) mass is 431 g/mol. The molecule has 3 rings (SSSR count). The minimum atomic E-state index is -0.140. The maximum atomic E-state index is 13.2. The number of rotatable bonds is 4. The van der Waals surface area contributed by atoms with Crippen LogP contribution in [-0.2, 0) is 10.2 Å². The lowest BCUT2D eigenvalue weighted by Crippen LogP contribution is -2.51. The van der Waals surface area contributed by atoms with Crippen molar-refractivity contribution in [2.24, 2.45) is 0 Å². The second kappa shape index (κ2) is 8.59. The van der Waals surface area contributed by atoms with Gasteiger partial charge in [-0.2, -0.15) is 0 Å². The highest BCUT2D eigenvalue weighted by Gasteiger charge is 2.28. The molecule has 0 unspecified atom stereocenters. The van der Waals surface area contributed by atoms with Gasteiger partial charge in [0.25, 0.3) is 5.91 Å². The average Bonchev–Trinajstić information content (AvgIpc) is 2.97. The molecule has 1 N–H and O–H groups in total. The summed E-state index contributed by atoms with van der Waals surface area (Å²) in [5.41, 5.74) is 1.76. The largest absolute Gasteiger partial charge is 0.353 e. The van der Waals surface area contributed by atoms with Crippen molar-refractivity contribution >= 4 is 33.4 Å². The number of aryl methyl sites for hydroxylation is 2. The van der Waals surface area contributed by atoms with Crippen LogP contribution in [0.3, 0.4) is 0 Å². The summed E-state index contributed by atoms with van der Waals surface area (Å²) in [6, 6.07) is 0.140. The Balaban J connectivity index is 1.74. The van der Waals surface area contributed by atoms with Crippen LogP contribution in [0, 0.1) is 13.8 Å². The van der Waals surface area contributed by atoms with E-state index in [1.807, 2.05) is 32.6 Å². The Labute approximate surface area is 182 Å². The Morgan fingerprint density at radius 2 is 1.73 bits per heavy atom. The fourth-order valence-electron chi connectivity index (χ4n) is 3.70. The van der Waals surface area contributed by atoms with Gasteiger partial charge < -0.3 is 10.2 Å². The summed E-state index contributed by atoms with van der Waals surface area (Å²) < 4.78 is 0. The fourth-order valence-corrected chi connectivity index (χ4v) is 4.90. The SMILES string of the molecule is Cc1nc(C(C)(C)C)nc2sc(C(=O)N3CCN(CC(=O)NC(C)C)CC3)c(C)c12. The molecule has 30 heavy (non-hydrogen) atoms. The van der Waals surface area contributed by atoms with Crippen LogP contribution in [0.4, 0.5) is 0 Å². The number of thiophene rings is 1. The van der Waals surface area contributed by atoms with E-state index in [1.165, 1.54) is 11.3 Å². The maximum Gasteiger partial charge on any atom is 0.264 e. The number of nitrogens with one attached hydrogen (secondary N) is 1. The first kappa shape index (κ1) is 22.6. The predicted octanol–water partition coefficient (Wildman–Crippen LogP) is 2.89. The van der Waals surface area contributed by atoms with E-state index in [1.54, 1.807) is 0 Å². The van der Waals surface area contributed by atoms with E-state index < -0.39 is 0 Å². The van der Waals surface area contributed by atoms with Gasteiger partial charge in [0.1, 0.15) is 10.7 Å². The van der Waals surface area contributed by atoms with Crippen LogP contribution in [-0.4, -0.2) is 70.3 Å². The zero-order chi connectivity index (χ0) is 22.2. The molecule has 0 aliphatic carbocycles. The van der Waals surface area contributed by atoms with E-state index in [4.69, 9.17) is 9.97 Å². The van der Waals surface area contributed by atoms with Gasteiger partial charge in [0.15, 0.2) is 0 Å². The molecule has 2 amide bonds. The van der Waals surface area contributed by atoms with Crippen molar-refractivity contribution in [3.8, 4) is 0 Å². The number of piperazine rings is 1. The van der Waals surface area contributed by atoms with Crippen molar-refractivity contribution in [2.75, 3.05) is 32.7 Å². The summed E-state index contributed by atoms with van der Waals surface area (Å²) in [5.74, 6) is 0.897. The number of hydrogen-bond donors (Lipinski definition) is 1. The molecule has 0 saturated carbocycles. The minimum Gasteiger partial charge on any atom is -0.353 e. The van der Waals surface area contributed by atoms with Crippen LogP contribution in [0.25, 0.3) is 10.2 Å². The van der Waals surface area contributed by atoms with Gasteiger partial charge in [-0.25, -0.2) is 9.97 Å². The second-order valence-electron chi connectivity index (χ2n) is 9.41. The van der Waals surface area contributed by atoms with Gasteiger partial charge in [-0.3, -0.25) is 14.5 Å². The molecule has 7 nitrogen and oxygen atoms in total. The molecule has 2 aromatic rings. The first-order valence-electron chi connectivity index (χ1n) is 10.6. The van der Waals surface area contributed by atoms with Crippen LogP contribution >= 0.6 is 11.3 Å². The molecule has 1 aliphatic rings. The van der Waals surface area contributed by atoms with Gasteiger partial charge in [-0.1, -0.05) is 20.8 Å². The third kappa shape index (κ3) is 4.81. The van der Waals surface area contributed by atoms with E-state index in [0.717, 1.165) is 32.2 Å². The van der Waals surface area contributed by atoms with Crippen molar-refractivity contribution in [1.82, 2.24) is 25.1 Å². The van der Waals surface area contributed by atoms with Gasteiger partial charge in [-0.15, -0.1) is 11.3 Å². The summed E-state index contributed by atoms with van der Waals surface area (Å²) in [7, 11) is 0. The number of carbonyl (C=O) groups is 2. The van der Waals surface area contributed by atoms with Crippen molar-refractivity contribution in [1.29, 1.82) is 0 Å². The molecule has 1 saturated heterocycles. The van der Waals surface area contributed by atoms with Gasteiger partial charge in [-0.05, 0) is 33.3 Å². The molecule has 0 atom stereocenters. The maximum absolute atomic E-state index is 13.2. The van der Waals surface area contributed by atoms with Gasteiger partial charge in [0, 0.05) is 43.0 Å². The highest BCUT2D eigenvalue weighted by atomic mass is 32.1. The van der Waals surface area contributed by atoms with Gasteiger partial charge in [0.05, 0.1) is 17.1 Å². The number of carbonyl (C=O) groups excluding carboxylic acids is 2. The lowest BCUT2D eigenvalue weighted by Gasteiger charge is -2.34. The van der Waals surface area contributed by atoms with Crippen LogP contribution < -0.4 is 5.32 Å². The summed E-state index contributed by atoms with van der Waals surface area (Å²) >= 11 is 1.47. The lowest BCUT2D eigenvalue weighted by molar-refractivity contribution is -0.123. The smallest absolute Gasteiger partial charge is 0.264 e. The lowest BCUT2D eigenvalue weighted by atomic mass is 9.95. The Morgan fingerprint density at radius 3 is 2.30 bits per heavy atom. The van der Waals surface area contributed by atoms with Gasteiger partial charge in [0.2, 0.25) is 5.91 Å². The summed E-state index contributed by atoms with van der Waals surface area (Å²) in [5, 5.41) is 3.92. The van der Waals surface area contributed by atoms with E-state index in [-0.39, 0.29) is 23.3 Å². The van der Waals surface area contributed by atoms with E-state index in [0.29, 0.717) is 32.7 Å². The Hall–Kier alpha value is -2.06. The molecule has 3 heterocycles. The Kier molecular flexibility index (Phi) is 6.48. The molecule has 1 aliphatic heterocycles. The fraction of sp³-hybridized carbons (Fsp3) is 0.636. The number of hydrogen-bond acceptors (Lipinski definition) is 6. The van der Waals surface area contributed by atoms with Crippen LogP contribution in [0.1, 0.15) is 61.4 Å². The van der Waals surface area contributed by atoms with Crippen LogP contribution in [0.2, 0.25) is 0 Å². The minimum absolute atomic E-state index is 0.0360. The quantitative estimate of drug-likeness (QED) is 0.805. The number of fused-ring (bicyclic) bond motifs is 1. The van der Waals surface area contributed by atoms with Crippen LogP contribution in [0.15, 0.2) is 0 Å². The highest BCUT2D eigenvalue weighted by Crippen LogP contribution is 2.34. The molecule has 164 valence electrons. The molecule has 0 spiro atoms. The number of nitrogens with zero attached hydrogens (tertiary/aromatic N) is 4. The number of aromatic nitrogens is 2. The third-order valence-corrected chi connectivity index (χ3v) is 6.49. The first-order chi connectivity index (χ1) is 14.0. The van der Waals surface area contributed by atoms with E-state index >= 15 is 0 Å². The molecular formula is C22H33N5O2S. The summed E-state index contributed by atoms with van der Waals surface area (Å²) in [6.07, 6.45) is 0. The van der Waals surface area contributed by atoms with Crippen molar-refractivity contribution in [3.63, 3.8) is 0 Å². The van der Waals surface area contributed by atoms with Crippen molar-refractivity contribution in [2.45, 2.75) is 59.9 Å². The Morgan fingerprint density at radius 1 is 1.10 bits per heavy atom. The molecule has 2 aromatic heterocycles. The van der Waals surface area contributed by atoms with Crippen molar-refractivity contribution < 1.29 is 9.59 Å². The van der Waals surface area contributed by atoms with Crippen LogP contribution in [0.5, 0.6) is 0 Å². The predicted molar refractivity (Wildman–Crippen MR) is 121 cm³/mol. The zero-order valence-corrected chi connectivity index (χ0v) is 19.9. The zero-order valence-electron chi connectivity index (χ0n) is 19.1. The second-order valence-corrected chi connectivity index (χ2v) is 10.4.